The average Bonchev–Trinajstić information content (AvgIpc) is 2.77. The number of hydrogen-bond donors (Lipinski definition) is 1. The predicted octanol–water partition coefficient (Wildman–Crippen LogP) is 0.809. The summed E-state index contributed by atoms with van der Waals surface area (Å²) in [5.74, 6) is -0.0878. The summed E-state index contributed by atoms with van der Waals surface area (Å²) in [5.41, 5.74) is 1.17. The largest absolute Gasteiger partial charge is 0.456 e. The molecule has 2 saturated heterocycles. The van der Waals surface area contributed by atoms with Crippen LogP contribution >= 0.6 is 0 Å². The first-order chi connectivity index (χ1) is 9.14. The third kappa shape index (κ3) is 1.96. The molecule has 1 unspecified atom stereocenters. The smallest absolute Gasteiger partial charge is 0.336 e. The van der Waals surface area contributed by atoms with Crippen LogP contribution in [0.4, 0.5) is 0 Å². The molecule has 0 aliphatic carbocycles. The molecule has 0 aromatic heterocycles. The fourth-order valence-electron chi connectivity index (χ4n) is 3.42. The maximum absolute atomic E-state index is 12.8. The van der Waals surface area contributed by atoms with Crippen molar-refractivity contribution in [3.05, 3.63) is 11.3 Å². The first kappa shape index (κ1) is 12.7. The van der Waals surface area contributed by atoms with Crippen molar-refractivity contribution >= 4 is 11.9 Å². The van der Waals surface area contributed by atoms with Crippen LogP contribution in [-0.2, 0) is 14.3 Å². The van der Waals surface area contributed by atoms with E-state index < -0.39 is 0 Å². The lowest BCUT2D eigenvalue weighted by Crippen LogP contribution is -2.35. The summed E-state index contributed by atoms with van der Waals surface area (Å²) in [7, 11) is 0. The molecule has 0 aromatic carbocycles. The molecule has 0 bridgehead atoms. The molecule has 3 rings (SSSR count). The monoisotopic (exact) mass is 264 g/mol. The number of hydrogen-bond acceptors (Lipinski definition) is 4. The van der Waals surface area contributed by atoms with Gasteiger partial charge in [0.2, 0.25) is 5.91 Å². The molecule has 3 heterocycles. The van der Waals surface area contributed by atoms with Crippen LogP contribution in [-0.4, -0.2) is 43.0 Å². The highest BCUT2D eigenvalue weighted by Gasteiger charge is 2.48. The summed E-state index contributed by atoms with van der Waals surface area (Å²) in [5, 5.41) is 3.36. The van der Waals surface area contributed by atoms with Crippen molar-refractivity contribution in [2.24, 2.45) is 5.41 Å². The number of carbonyl (C=O) groups is 2. The second kappa shape index (κ2) is 4.63. The molecule has 3 aliphatic rings. The molecule has 0 radical (unpaired) electrons. The van der Waals surface area contributed by atoms with E-state index in [-0.39, 0.29) is 23.9 Å². The lowest BCUT2D eigenvalue weighted by Gasteiger charge is -2.26. The molecule has 104 valence electrons. The number of cyclic esters (lactones) is 1. The fourth-order valence-corrected chi connectivity index (χ4v) is 3.42. The molecule has 19 heavy (non-hydrogen) atoms. The summed E-state index contributed by atoms with van der Waals surface area (Å²) in [6, 6.07) is 0. The number of nitrogens with one attached hydrogen (secondary N) is 1. The van der Waals surface area contributed by atoms with E-state index in [1.54, 1.807) is 11.8 Å². The van der Waals surface area contributed by atoms with Crippen LogP contribution < -0.4 is 5.32 Å². The molecule has 5 nitrogen and oxygen atoms in total. The van der Waals surface area contributed by atoms with E-state index in [0.717, 1.165) is 51.0 Å². The minimum absolute atomic E-state index is 0.198. The van der Waals surface area contributed by atoms with Crippen molar-refractivity contribution in [3.63, 3.8) is 0 Å². The van der Waals surface area contributed by atoms with Crippen LogP contribution in [0, 0.1) is 5.41 Å². The van der Waals surface area contributed by atoms with Gasteiger partial charge in [0, 0.05) is 6.54 Å². The van der Waals surface area contributed by atoms with Gasteiger partial charge in [0.25, 0.3) is 0 Å². The lowest BCUT2D eigenvalue weighted by molar-refractivity contribution is -0.137. The van der Waals surface area contributed by atoms with Crippen LogP contribution in [0.3, 0.4) is 0 Å². The van der Waals surface area contributed by atoms with Gasteiger partial charge in [-0.15, -0.1) is 0 Å². The molecule has 1 N–H and O–H groups in total. The van der Waals surface area contributed by atoms with Crippen LogP contribution in [0.25, 0.3) is 0 Å². The Hall–Kier alpha value is -1.36. The van der Waals surface area contributed by atoms with Crippen molar-refractivity contribution in [1.82, 2.24) is 10.2 Å². The molecule has 0 aromatic rings. The summed E-state index contributed by atoms with van der Waals surface area (Å²) >= 11 is 0. The Bertz CT molecular complexity index is 448. The molecular formula is C14H20N2O3. The SMILES string of the molecule is CC1=C(N2CCC3(CCCNCC3)C2=O)COC1=O. The number of amides is 1. The molecule has 0 saturated carbocycles. The predicted molar refractivity (Wildman–Crippen MR) is 69.1 cm³/mol. The summed E-state index contributed by atoms with van der Waals surface area (Å²) in [6.07, 6.45) is 3.81. The Labute approximate surface area is 113 Å². The first-order valence-electron chi connectivity index (χ1n) is 7.04. The van der Waals surface area contributed by atoms with Gasteiger partial charge in [0.05, 0.1) is 16.7 Å². The van der Waals surface area contributed by atoms with Crippen LogP contribution in [0.2, 0.25) is 0 Å². The van der Waals surface area contributed by atoms with Gasteiger partial charge in [-0.05, 0) is 45.7 Å². The Balaban J connectivity index is 1.84. The molecule has 5 heteroatoms. The van der Waals surface area contributed by atoms with E-state index in [9.17, 15) is 9.59 Å². The number of ether oxygens (including phenoxy) is 1. The minimum atomic E-state index is -0.286. The van der Waals surface area contributed by atoms with Crippen molar-refractivity contribution in [1.29, 1.82) is 0 Å². The van der Waals surface area contributed by atoms with Gasteiger partial charge in [-0.2, -0.15) is 0 Å². The van der Waals surface area contributed by atoms with Gasteiger partial charge < -0.3 is 15.0 Å². The molecule has 1 spiro atoms. The Morgan fingerprint density at radius 2 is 2.05 bits per heavy atom. The summed E-state index contributed by atoms with van der Waals surface area (Å²) in [4.78, 5) is 26.0. The zero-order valence-corrected chi connectivity index (χ0v) is 11.3. The maximum Gasteiger partial charge on any atom is 0.336 e. The van der Waals surface area contributed by atoms with Gasteiger partial charge >= 0.3 is 5.97 Å². The maximum atomic E-state index is 12.8. The Morgan fingerprint density at radius 1 is 1.21 bits per heavy atom. The molecule has 1 atom stereocenters. The van der Waals surface area contributed by atoms with Crippen molar-refractivity contribution in [2.45, 2.75) is 32.6 Å². The lowest BCUT2D eigenvalue weighted by atomic mass is 9.79. The number of rotatable bonds is 1. The normalized spacial score (nSPS) is 32.2. The first-order valence-corrected chi connectivity index (χ1v) is 7.04. The standard InChI is InChI=1S/C14H20N2O3/c1-10-11(9-19-12(10)17)16-8-5-14(13(16)18)3-2-6-15-7-4-14/h15H,2-9H2,1H3. The highest BCUT2D eigenvalue weighted by atomic mass is 16.5. The second-order valence-electron chi connectivity index (χ2n) is 5.74. The Morgan fingerprint density at radius 3 is 2.79 bits per heavy atom. The zero-order chi connectivity index (χ0) is 13.5. The fraction of sp³-hybridized carbons (Fsp3) is 0.714. The van der Waals surface area contributed by atoms with E-state index in [1.165, 1.54) is 0 Å². The second-order valence-corrected chi connectivity index (χ2v) is 5.74. The van der Waals surface area contributed by atoms with Crippen LogP contribution in [0.1, 0.15) is 32.6 Å². The van der Waals surface area contributed by atoms with Crippen molar-refractivity contribution in [2.75, 3.05) is 26.2 Å². The van der Waals surface area contributed by atoms with Crippen LogP contribution in [0.5, 0.6) is 0 Å². The highest BCUT2D eigenvalue weighted by molar-refractivity contribution is 5.94. The van der Waals surface area contributed by atoms with E-state index in [1.807, 2.05) is 0 Å². The summed E-state index contributed by atoms with van der Waals surface area (Å²) in [6.45, 7) is 4.63. The van der Waals surface area contributed by atoms with Gasteiger partial charge in [-0.25, -0.2) is 4.79 Å². The number of nitrogens with zero attached hydrogens (tertiary/aromatic N) is 1. The summed E-state index contributed by atoms with van der Waals surface area (Å²) < 4.78 is 5.02. The van der Waals surface area contributed by atoms with Crippen molar-refractivity contribution < 1.29 is 14.3 Å². The molecule has 2 fully saturated rings. The minimum Gasteiger partial charge on any atom is -0.456 e. The number of carbonyl (C=O) groups excluding carboxylic acids is 2. The molecule has 1 amide bonds. The number of likely N-dealkylation sites (tertiary alicyclic amines) is 1. The Kier molecular flexibility index (Phi) is 3.09. The van der Waals surface area contributed by atoms with Gasteiger partial charge in [-0.3, -0.25) is 4.79 Å². The van der Waals surface area contributed by atoms with Crippen molar-refractivity contribution in [3.8, 4) is 0 Å². The van der Waals surface area contributed by atoms with E-state index >= 15 is 0 Å². The van der Waals surface area contributed by atoms with E-state index in [2.05, 4.69) is 5.32 Å². The highest BCUT2D eigenvalue weighted by Crippen LogP contribution is 2.42. The van der Waals surface area contributed by atoms with E-state index in [4.69, 9.17) is 4.74 Å². The van der Waals surface area contributed by atoms with Crippen LogP contribution in [0.15, 0.2) is 11.3 Å². The zero-order valence-electron chi connectivity index (χ0n) is 11.3. The molecular weight excluding hydrogens is 244 g/mol. The third-order valence-corrected chi connectivity index (χ3v) is 4.71. The quantitative estimate of drug-likeness (QED) is 0.712. The van der Waals surface area contributed by atoms with E-state index in [0.29, 0.717) is 5.57 Å². The topological polar surface area (TPSA) is 58.6 Å². The van der Waals surface area contributed by atoms with Gasteiger partial charge in [0.1, 0.15) is 6.61 Å². The average molecular weight is 264 g/mol. The number of esters is 1. The third-order valence-electron chi connectivity index (χ3n) is 4.71. The molecule has 3 aliphatic heterocycles. The van der Waals surface area contributed by atoms with Gasteiger partial charge in [-0.1, -0.05) is 0 Å². The van der Waals surface area contributed by atoms with Gasteiger partial charge in [0.15, 0.2) is 0 Å².